The molecule has 2 aromatic carbocycles. The number of hydrogen-bond donors (Lipinski definition) is 1. The summed E-state index contributed by atoms with van der Waals surface area (Å²) >= 11 is 0. The highest BCUT2D eigenvalue weighted by Gasteiger charge is 2.23. The molecule has 0 atom stereocenters. The monoisotopic (exact) mass is 455 g/mol. The van der Waals surface area contributed by atoms with E-state index in [1.165, 1.54) is 31.3 Å². The molecule has 1 amide bonds. The molecule has 9 heteroatoms. The smallest absolute Gasteiger partial charge is 0.243 e. The summed E-state index contributed by atoms with van der Waals surface area (Å²) in [5, 5.41) is 11.7. The lowest BCUT2D eigenvalue weighted by atomic mass is 10.1. The minimum absolute atomic E-state index is 0.0372. The van der Waals surface area contributed by atoms with E-state index >= 15 is 0 Å². The van der Waals surface area contributed by atoms with Crippen LogP contribution in [0.2, 0.25) is 0 Å². The van der Waals surface area contributed by atoms with Crippen LogP contribution >= 0.6 is 0 Å². The van der Waals surface area contributed by atoms with Gasteiger partial charge in [-0.2, -0.15) is 9.57 Å². The molecule has 1 heterocycles. The summed E-state index contributed by atoms with van der Waals surface area (Å²) < 4.78 is 26.4. The number of piperazine rings is 1. The lowest BCUT2D eigenvalue weighted by Crippen LogP contribution is -2.46. The first kappa shape index (κ1) is 23.7. The molecule has 0 unspecified atom stereocenters. The largest absolute Gasteiger partial charge is 0.369 e. The number of nitriles is 1. The number of benzene rings is 2. The van der Waals surface area contributed by atoms with Crippen molar-refractivity contribution >= 4 is 27.3 Å². The number of anilines is 2. The Morgan fingerprint density at radius 1 is 1.12 bits per heavy atom. The first-order valence-corrected chi connectivity index (χ1v) is 12.0. The van der Waals surface area contributed by atoms with E-state index in [-0.39, 0.29) is 11.4 Å². The topological polar surface area (TPSA) is 96.8 Å². The first-order valence-electron chi connectivity index (χ1n) is 10.6. The van der Waals surface area contributed by atoms with Crippen molar-refractivity contribution in [3.63, 3.8) is 0 Å². The summed E-state index contributed by atoms with van der Waals surface area (Å²) in [5.74, 6) is -0.423. The van der Waals surface area contributed by atoms with E-state index in [9.17, 15) is 13.2 Å². The Labute approximate surface area is 190 Å². The number of nitrogens with zero attached hydrogens (tertiary/aromatic N) is 4. The zero-order chi connectivity index (χ0) is 23.3. The van der Waals surface area contributed by atoms with Crippen LogP contribution in [0.3, 0.4) is 0 Å². The predicted octanol–water partition coefficient (Wildman–Crippen LogP) is 2.27. The molecule has 1 saturated heterocycles. The van der Waals surface area contributed by atoms with Gasteiger partial charge in [-0.05, 0) is 61.5 Å². The lowest BCUT2D eigenvalue weighted by molar-refractivity contribution is -0.116. The molecule has 0 radical (unpaired) electrons. The Kier molecular flexibility index (Phi) is 7.51. The minimum Gasteiger partial charge on any atom is -0.369 e. The van der Waals surface area contributed by atoms with Crippen molar-refractivity contribution in [3.05, 3.63) is 53.6 Å². The number of hydrogen-bond acceptors (Lipinski definition) is 6. The van der Waals surface area contributed by atoms with Crippen molar-refractivity contribution in [1.29, 1.82) is 5.26 Å². The third-order valence-corrected chi connectivity index (χ3v) is 7.52. The Bertz CT molecular complexity index is 1100. The molecule has 3 rings (SSSR count). The number of sulfonamides is 1. The third kappa shape index (κ3) is 5.46. The zero-order valence-corrected chi connectivity index (χ0v) is 19.5. The number of rotatable bonds is 7. The normalized spacial score (nSPS) is 14.9. The fraction of sp³-hybridized carbons (Fsp3) is 0.391. The van der Waals surface area contributed by atoms with Crippen molar-refractivity contribution in [2.24, 2.45) is 0 Å². The van der Waals surface area contributed by atoms with Gasteiger partial charge in [0, 0.05) is 44.6 Å². The van der Waals surface area contributed by atoms with E-state index < -0.39 is 15.9 Å². The molecule has 170 valence electrons. The van der Waals surface area contributed by atoms with Gasteiger partial charge in [-0.25, -0.2) is 8.42 Å². The molecular weight excluding hydrogens is 426 g/mol. The molecule has 1 fully saturated rings. The molecule has 0 aromatic heterocycles. The molecule has 1 aliphatic heterocycles. The van der Waals surface area contributed by atoms with Crippen LogP contribution in [-0.4, -0.2) is 69.8 Å². The fourth-order valence-corrected chi connectivity index (χ4v) is 4.89. The Hall–Kier alpha value is -2.93. The average Bonchev–Trinajstić information content (AvgIpc) is 2.79. The van der Waals surface area contributed by atoms with Crippen molar-refractivity contribution in [2.75, 3.05) is 56.5 Å². The lowest BCUT2D eigenvalue weighted by Gasteiger charge is -2.36. The van der Waals surface area contributed by atoms with Crippen LogP contribution in [0, 0.1) is 18.3 Å². The van der Waals surface area contributed by atoms with Gasteiger partial charge in [0.25, 0.3) is 0 Å². The van der Waals surface area contributed by atoms with Crippen LogP contribution in [0.25, 0.3) is 0 Å². The van der Waals surface area contributed by atoms with Crippen molar-refractivity contribution in [2.45, 2.75) is 18.7 Å². The van der Waals surface area contributed by atoms with Gasteiger partial charge in [-0.1, -0.05) is 6.92 Å². The highest BCUT2D eigenvalue weighted by atomic mass is 32.2. The summed E-state index contributed by atoms with van der Waals surface area (Å²) in [5.41, 5.74) is 3.22. The summed E-state index contributed by atoms with van der Waals surface area (Å²) in [7, 11) is -2.48. The molecule has 32 heavy (non-hydrogen) atoms. The number of carbonyl (C=O) groups excluding carboxylic acids is 1. The molecule has 0 spiro atoms. The molecule has 2 aromatic rings. The average molecular weight is 456 g/mol. The maximum atomic E-state index is 12.7. The first-order chi connectivity index (χ1) is 15.2. The van der Waals surface area contributed by atoms with E-state index in [0.717, 1.165) is 48.3 Å². The maximum Gasteiger partial charge on any atom is 0.243 e. The molecule has 1 N–H and O–H groups in total. The fourth-order valence-electron chi connectivity index (χ4n) is 3.76. The molecular formula is C23H29N5O3S. The summed E-state index contributed by atoms with van der Waals surface area (Å²) in [6.07, 6.45) is 0. The van der Waals surface area contributed by atoms with Gasteiger partial charge < -0.3 is 15.1 Å². The van der Waals surface area contributed by atoms with E-state index in [0.29, 0.717) is 11.3 Å². The summed E-state index contributed by atoms with van der Waals surface area (Å²) in [6.45, 7) is 8.94. The van der Waals surface area contributed by atoms with Gasteiger partial charge >= 0.3 is 0 Å². The van der Waals surface area contributed by atoms with Crippen molar-refractivity contribution in [3.8, 4) is 6.07 Å². The van der Waals surface area contributed by atoms with E-state index in [4.69, 9.17) is 5.26 Å². The van der Waals surface area contributed by atoms with Crippen LogP contribution in [0.5, 0.6) is 0 Å². The number of nitrogens with one attached hydrogen (secondary N) is 1. The Morgan fingerprint density at radius 3 is 2.34 bits per heavy atom. The second kappa shape index (κ2) is 10.1. The van der Waals surface area contributed by atoms with Gasteiger partial charge in [0.1, 0.15) is 0 Å². The third-order valence-electron chi connectivity index (χ3n) is 5.70. The maximum absolute atomic E-state index is 12.7. The minimum atomic E-state index is -3.84. The number of amides is 1. The van der Waals surface area contributed by atoms with Crippen LogP contribution in [0.15, 0.2) is 47.4 Å². The molecule has 0 bridgehead atoms. The van der Waals surface area contributed by atoms with Crippen molar-refractivity contribution in [1.82, 2.24) is 9.21 Å². The second-order valence-electron chi connectivity index (χ2n) is 7.87. The number of aryl methyl sites for hydroxylation is 1. The quantitative estimate of drug-likeness (QED) is 0.688. The molecule has 1 aliphatic rings. The second-order valence-corrected chi connectivity index (χ2v) is 9.91. The zero-order valence-electron chi connectivity index (χ0n) is 18.7. The highest BCUT2D eigenvalue weighted by Crippen LogP contribution is 2.25. The van der Waals surface area contributed by atoms with Gasteiger partial charge in [0.2, 0.25) is 15.9 Å². The van der Waals surface area contributed by atoms with Gasteiger partial charge in [-0.15, -0.1) is 0 Å². The van der Waals surface area contributed by atoms with E-state index in [2.05, 4.69) is 22.0 Å². The van der Waals surface area contributed by atoms with Crippen LogP contribution in [0.4, 0.5) is 11.4 Å². The molecule has 8 nitrogen and oxygen atoms in total. The van der Waals surface area contributed by atoms with Gasteiger partial charge in [0.05, 0.1) is 23.1 Å². The standard InChI is InChI=1S/C23H29N5O3S/c1-4-27-11-13-28(14-12-27)22-10-7-20(15-18(22)2)25-23(29)17-26(3)32(30,31)21-8-5-19(16-24)6-9-21/h5-10,15H,4,11-14,17H2,1-3H3,(H,25,29). The number of carbonyl (C=O) groups is 1. The van der Waals surface area contributed by atoms with E-state index in [1.54, 1.807) is 0 Å². The number of likely N-dealkylation sites (N-methyl/N-ethyl adjacent to an activating group) is 2. The molecule has 0 saturated carbocycles. The Morgan fingerprint density at radius 2 is 1.78 bits per heavy atom. The summed E-state index contributed by atoms with van der Waals surface area (Å²) in [4.78, 5) is 17.3. The van der Waals surface area contributed by atoms with Crippen LogP contribution < -0.4 is 10.2 Å². The van der Waals surface area contributed by atoms with Crippen molar-refractivity contribution < 1.29 is 13.2 Å². The van der Waals surface area contributed by atoms with Gasteiger partial charge in [0.15, 0.2) is 0 Å². The summed E-state index contributed by atoms with van der Waals surface area (Å²) in [6, 6.07) is 13.3. The van der Waals surface area contributed by atoms with Gasteiger partial charge in [-0.3, -0.25) is 4.79 Å². The molecule has 0 aliphatic carbocycles. The highest BCUT2D eigenvalue weighted by molar-refractivity contribution is 7.89. The van der Waals surface area contributed by atoms with Crippen LogP contribution in [-0.2, 0) is 14.8 Å². The predicted molar refractivity (Wildman–Crippen MR) is 125 cm³/mol. The van der Waals surface area contributed by atoms with E-state index in [1.807, 2.05) is 31.2 Å². The van der Waals surface area contributed by atoms with Crippen LogP contribution in [0.1, 0.15) is 18.1 Å². The Balaban J connectivity index is 1.61. The SMILES string of the molecule is CCN1CCN(c2ccc(NC(=O)CN(C)S(=O)(=O)c3ccc(C#N)cc3)cc2C)CC1.